The monoisotopic (exact) mass is 143 g/mol. The first kappa shape index (κ1) is 8.97. The molecule has 0 rings (SSSR count). The van der Waals surface area contributed by atoms with Crippen LogP contribution in [0.2, 0.25) is 0 Å². The van der Waals surface area contributed by atoms with Crippen LogP contribution in [0.15, 0.2) is 11.8 Å². The maximum Gasteiger partial charge on any atom is 0.118 e. The van der Waals surface area contributed by atoms with Crippen LogP contribution in [0.4, 0.5) is 0 Å². The lowest BCUT2D eigenvalue weighted by Crippen LogP contribution is -2.16. The molecule has 4 nitrogen and oxygen atoms in total. The molecule has 0 saturated heterocycles. The van der Waals surface area contributed by atoms with Crippen LogP contribution < -0.4 is 11.5 Å². The standard InChI is InChI=1S/C6H13N3O/c1-4(7)2-5(10)3-6(8)9/h3-4,10H,2,7H2,1H3,(H3,8,9). The fourth-order valence-electron chi connectivity index (χ4n) is 0.568. The van der Waals surface area contributed by atoms with Gasteiger partial charge in [-0.1, -0.05) is 0 Å². The second-order valence-electron chi connectivity index (χ2n) is 2.27. The van der Waals surface area contributed by atoms with Crippen molar-refractivity contribution in [2.45, 2.75) is 19.4 Å². The van der Waals surface area contributed by atoms with E-state index in [1.165, 1.54) is 6.08 Å². The molecule has 0 aromatic heterocycles. The Labute approximate surface area is 60.0 Å². The molecular formula is C6H13N3O. The quantitative estimate of drug-likeness (QED) is 0.256. The third kappa shape index (κ3) is 5.11. The van der Waals surface area contributed by atoms with Gasteiger partial charge in [-0.15, -0.1) is 0 Å². The number of nitrogens with two attached hydrogens (primary N) is 2. The van der Waals surface area contributed by atoms with Crippen molar-refractivity contribution in [2.24, 2.45) is 11.5 Å². The number of amidine groups is 1. The third-order valence-electron chi connectivity index (χ3n) is 0.853. The minimum Gasteiger partial charge on any atom is -0.512 e. The summed E-state index contributed by atoms with van der Waals surface area (Å²) >= 11 is 0. The van der Waals surface area contributed by atoms with E-state index in [1.807, 2.05) is 0 Å². The Bertz CT molecular complexity index is 151. The van der Waals surface area contributed by atoms with E-state index in [0.717, 1.165) is 0 Å². The average Bonchev–Trinajstić information content (AvgIpc) is 1.58. The minimum atomic E-state index is -0.154. The first-order valence-corrected chi connectivity index (χ1v) is 3.01. The van der Waals surface area contributed by atoms with Crippen molar-refractivity contribution in [3.8, 4) is 0 Å². The van der Waals surface area contributed by atoms with Gasteiger partial charge in [0.15, 0.2) is 0 Å². The highest BCUT2D eigenvalue weighted by Gasteiger charge is 1.97. The number of hydrogen-bond acceptors (Lipinski definition) is 3. The van der Waals surface area contributed by atoms with E-state index in [4.69, 9.17) is 22.0 Å². The molecule has 0 spiro atoms. The zero-order chi connectivity index (χ0) is 8.15. The molecule has 1 atom stereocenters. The van der Waals surface area contributed by atoms with Crippen LogP contribution in [0.1, 0.15) is 13.3 Å². The van der Waals surface area contributed by atoms with E-state index >= 15 is 0 Å². The van der Waals surface area contributed by atoms with Gasteiger partial charge in [0.1, 0.15) is 5.84 Å². The maximum absolute atomic E-state index is 8.95. The van der Waals surface area contributed by atoms with Crippen LogP contribution in [0.3, 0.4) is 0 Å². The average molecular weight is 143 g/mol. The number of nitrogens with one attached hydrogen (secondary N) is 1. The van der Waals surface area contributed by atoms with Crippen molar-refractivity contribution in [3.05, 3.63) is 11.8 Å². The van der Waals surface area contributed by atoms with Gasteiger partial charge in [-0.3, -0.25) is 5.41 Å². The first-order chi connectivity index (χ1) is 4.52. The summed E-state index contributed by atoms with van der Waals surface area (Å²) in [5.41, 5.74) is 10.3. The zero-order valence-corrected chi connectivity index (χ0v) is 5.96. The van der Waals surface area contributed by atoms with E-state index in [9.17, 15) is 0 Å². The van der Waals surface area contributed by atoms with Crippen molar-refractivity contribution in [1.29, 1.82) is 5.41 Å². The Morgan fingerprint density at radius 3 is 2.60 bits per heavy atom. The van der Waals surface area contributed by atoms with Gasteiger partial charge in [-0.05, 0) is 6.92 Å². The fourth-order valence-corrected chi connectivity index (χ4v) is 0.568. The molecule has 1 unspecified atom stereocenters. The Balaban J connectivity index is 3.83. The number of hydrogen-bond donors (Lipinski definition) is 4. The van der Waals surface area contributed by atoms with Crippen molar-refractivity contribution < 1.29 is 5.11 Å². The molecule has 0 aromatic rings. The second kappa shape index (κ2) is 3.90. The van der Waals surface area contributed by atoms with E-state index < -0.39 is 0 Å². The summed E-state index contributed by atoms with van der Waals surface area (Å²) in [6.07, 6.45) is 1.54. The molecule has 0 aliphatic heterocycles. The van der Waals surface area contributed by atoms with Crippen molar-refractivity contribution in [2.75, 3.05) is 0 Å². The highest BCUT2D eigenvalue weighted by Crippen LogP contribution is 1.97. The van der Waals surface area contributed by atoms with Crippen LogP contribution in [0.25, 0.3) is 0 Å². The summed E-state index contributed by atoms with van der Waals surface area (Å²) in [6, 6.07) is -0.101. The Morgan fingerprint density at radius 2 is 2.30 bits per heavy atom. The molecule has 58 valence electrons. The van der Waals surface area contributed by atoms with Gasteiger partial charge in [0.05, 0.1) is 5.76 Å². The highest BCUT2D eigenvalue weighted by molar-refractivity contribution is 5.88. The Morgan fingerprint density at radius 1 is 1.80 bits per heavy atom. The van der Waals surface area contributed by atoms with Crippen molar-refractivity contribution >= 4 is 5.84 Å². The van der Waals surface area contributed by atoms with Crippen molar-refractivity contribution in [1.82, 2.24) is 0 Å². The number of aliphatic hydroxyl groups excluding tert-OH is 1. The molecule has 0 heterocycles. The summed E-state index contributed by atoms with van der Waals surface area (Å²) < 4.78 is 0. The smallest absolute Gasteiger partial charge is 0.118 e. The van der Waals surface area contributed by atoms with E-state index in [0.29, 0.717) is 6.42 Å². The van der Waals surface area contributed by atoms with Gasteiger partial charge < -0.3 is 16.6 Å². The molecule has 0 radical (unpaired) electrons. The zero-order valence-electron chi connectivity index (χ0n) is 5.96. The van der Waals surface area contributed by atoms with Crippen LogP contribution in [0.5, 0.6) is 0 Å². The first-order valence-electron chi connectivity index (χ1n) is 3.01. The SMILES string of the molecule is CC(N)CC(O)=CC(=N)N. The van der Waals surface area contributed by atoms with Gasteiger partial charge in [0.25, 0.3) is 0 Å². The molecular weight excluding hydrogens is 130 g/mol. The molecule has 4 heteroatoms. The molecule has 10 heavy (non-hydrogen) atoms. The summed E-state index contributed by atoms with van der Waals surface area (Å²) in [5.74, 6) is -0.0966. The predicted molar refractivity (Wildman–Crippen MR) is 40.9 cm³/mol. The van der Waals surface area contributed by atoms with Gasteiger partial charge >= 0.3 is 0 Å². The van der Waals surface area contributed by atoms with Gasteiger partial charge in [-0.2, -0.15) is 0 Å². The van der Waals surface area contributed by atoms with Gasteiger partial charge in [-0.25, -0.2) is 0 Å². The van der Waals surface area contributed by atoms with Crippen LogP contribution >= 0.6 is 0 Å². The topological polar surface area (TPSA) is 96.1 Å². The number of rotatable bonds is 3. The maximum atomic E-state index is 8.95. The Kier molecular flexibility index (Phi) is 3.49. The number of aliphatic hydroxyl groups is 1. The lowest BCUT2D eigenvalue weighted by atomic mass is 10.2. The fraction of sp³-hybridized carbons (Fsp3) is 0.500. The summed E-state index contributed by atoms with van der Waals surface area (Å²) in [4.78, 5) is 0. The Hall–Kier alpha value is -1.03. The molecule has 0 bridgehead atoms. The van der Waals surface area contributed by atoms with E-state index in [2.05, 4.69) is 0 Å². The molecule has 6 N–H and O–H groups in total. The molecule has 0 amide bonds. The molecule has 0 fully saturated rings. The summed E-state index contributed by atoms with van der Waals surface area (Å²) in [6.45, 7) is 1.77. The molecule has 0 aliphatic carbocycles. The largest absolute Gasteiger partial charge is 0.512 e. The van der Waals surface area contributed by atoms with Crippen molar-refractivity contribution in [3.63, 3.8) is 0 Å². The predicted octanol–water partition coefficient (Wildman–Crippen LogP) is 0.102. The molecule has 0 aromatic carbocycles. The highest BCUT2D eigenvalue weighted by atomic mass is 16.3. The summed E-state index contributed by atoms with van der Waals surface area (Å²) in [7, 11) is 0. The minimum absolute atomic E-state index is 0.0579. The van der Waals surface area contributed by atoms with Crippen LogP contribution in [-0.2, 0) is 0 Å². The third-order valence-corrected chi connectivity index (χ3v) is 0.853. The lowest BCUT2D eigenvalue weighted by molar-refractivity contribution is 0.378. The molecule has 0 saturated carbocycles. The normalized spacial score (nSPS) is 14.8. The molecule has 0 aliphatic rings. The van der Waals surface area contributed by atoms with Crippen LogP contribution in [0, 0.1) is 5.41 Å². The van der Waals surface area contributed by atoms with Crippen LogP contribution in [-0.4, -0.2) is 17.0 Å². The van der Waals surface area contributed by atoms with Gasteiger partial charge in [0, 0.05) is 18.5 Å². The van der Waals surface area contributed by atoms with Gasteiger partial charge in [0.2, 0.25) is 0 Å². The second-order valence-corrected chi connectivity index (χ2v) is 2.27. The summed E-state index contributed by atoms with van der Waals surface area (Å²) in [5, 5.41) is 15.7. The lowest BCUT2D eigenvalue weighted by Gasteiger charge is -2.02. The van der Waals surface area contributed by atoms with E-state index in [1.54, 1.807) is 6.92 Å². The van der Waals surface area contributed by atoms with E-state index in [-0.39, 0.29) is 17.6 Å².